The molecule has 0 saturated carbocycles. The lowest BCUT2D eigenvalue weighted by atomic mass is 10.3. The van der Waals surface area contributed by atoms with Crippen LogP contribution in [0.1, 0.15) is 13.3 Å². The molecule has 2 nitrogen and oxygen atoms in total. The SMILES string of the molecule is CCC(O)=CNc1ccccc1. The van der Waals surface area contributed by atoms with Gasteiger partial charge in [0.25, 0.3) is 0 Å². The molecule has 0 saturated heterocycles. The first-order valence-corrected chi connectivity index (χ1v) is 4.02. The Balaban J connectivity index is 2.54. The van der Waals surface area contributed by atoms with Crippen molar-refractivity contribution in [3.63, 3.8) is 0 Å². The summed E-state index contributed by atoms with van der Waals surface area (Å²) >= 11 is 0. The van der Waals surface area contributed by atoms with Crippen LogP contribution in [0.3, 0.4) is 0 Å². The fourth-order valence-corrected chi connectivity index (χ4v) is 0.803. The van der Waals surface area contributed by atoms with Crippen molar-refractivity contribution in [3.8, 4) is 0 Å². The van der Waals surface area contributed by atoms with E-state index in [1.165, 1.54) is 0 Å². The van der Waals surface area contributed by atoms with Crippen molar-refractivity contribution in [1.29, 1.82) is 0 Å². The van der Waals surface area contributed by atoms with Crippen LogP contribution in [0.4, 0.5) is 5.69 Å². The molecule has 1 aromatic carbocycles. The van der Waals surface area contributed by atoms with Crippen molar-refractivity contribution in [2.24, 2.45) is 0 Å². The lowest BCUT2D eigenvalue weighted by molar-refractivity contribution is 0.394. The molecule has 0 radical (unpaired) electrons. The Kier molecular flexibility index (Phi) is 3.20. The quantitative estimate of drug-likeness (QED) is 0.671. The summed E-state index contributed by atoms with van der Waals surface area (Å²) in [5, 5.41) is 12.1. The molecule has 12 heavy (non-hydrogen) atoms. The second kappa shape index (κ2) is 4.44. The number of para-hydroxylation sites is 1. The predicted molar refractivity (Wildman–Crippen MR) is 51.1 cm³/mol. The van der Waals surface area contributed by atoms with Crippen LogP contribution in [0.2, 0.25) is 0 Å². The highest BCUT2D eigenvalue weighted by atomic mass is 16.3. The minimum absolute atomic E-state index is 0.360. The summed E-state index contributed by atoms with van der Waals surface area (Å²) in [6, 6.07) is 9.73. The Morgan fingerprint density at radius 1 is 1.42 bits per heavy atom. The maximum Gasteiger partial charge on any atom is 0.108 e. The van der Waals surface area contributed by atoms with Crippen LogP contribution in [0.15, 0.2) is 42.3 Å². The Bertz CT molecular complexity index is 254. The largest absolute Gasteiger partial charge is 0.511 e. The number of aliphatic hydroxyl groups is 1. The van der Waals surface area contributed by atoms with E-state index in [1.54, 1.807) is 6.20 Å². The summed E-state index contributed by atoms with van der Waals surface area (Å²) in [6.45, 7) is 1.90. The summed E-state index contributed by atoms with van der Waals surface area (Å²) in [7, 11) is 0. The van der Waals surface area contributed by atoms with Crippen molar-refractivity contribution < 1.29 is 5.11 Å². The van der Waals surface area contributed by atoms with Gasteiger partial charge in [0.1, 0.15) is 5.76 Å². The van der Waals surface area contributed by atoms with Gasteiger partial charge in [-0.3, -0.25) is 0 Å². The van der Waals surface area contributed by atoms with Gasteiger partial charge in [-0.1, -0.05) is 25.1 Å². The minimum atomic E-state index is 0.360. The molecule has 0 aliphatic carbocycles. The van der Waals surface area contributed by atoms with Crippen LogP contribution in [0.5, 0.6) is 0 Å². The predicted octanol–water partition coefficient (Wildman–Crippen LogP) is 2.91. The van der Waals surface area contributed by atoms with Crippen molar-refractivity contribution in [2.75, 3.05) is 5.32 Å². The molecule has 0 spiro atoms. The lowest BCUT2D eigenvalue weighted by Gasteiger charge is -2.00. The second-order valence-electron chi connectivity index (χ2n) is 2.50. The number of benzene rings is 1. The normalized spacial score (nSPS) is 11.2. The second-order valence-corrected chi connectivity index (χ2v) is 2.50. The van der Waals surface area contributed by atoms with Gasteiger partial charge >= 0.3 is 0 Å². The minimum Gasteiger partial charge on any atom is -0.511 e. The maximum atomic E-state index is 9.12. The first kappa shape index (κ1) is 8.65. The van der Waals surface area contributed by atoms with E-state index in [0.29, 0.717) is 12.2 Å². The molecule has 1 rings (SSSR count). The Morgan fingerprint density at radius 2 is 2.08 bits per heavy atom. The molecule has 0 aliphatic rings. The molecular weight excluding hydrogens is 150 g/mol. The van der Waals surface area contributed by atoms with E-state index >= 15 is 0 Å². The molecule has 0 amide bonds. The zero-order chi connectivity index (χ0) is 8.81. The van der Waals surface area contributed by atoms with E-state index < -0.39 is 0 Å². The number of anilines is 1. The summed E-state index contributed by atoms with van der Waals surface area (Å²) in [6.07, 6.45) is 2.26. The smallest absolute Gasteiger partial charge is 0.108 e. The average Bonchev–Trinajstić information content (AvgIpc) is 2.16. The summed E-state index contributed by atoms with van der Waals surface area (Å²) in [5.74, 6) is 0.360. The summed E-state index contributed by atoms with van der Waals surface area (Å²) in [4.78, 5) is 0. The van der Waals surface area contributed by atoms with E-state index in [-0.39, 0.29) is 0 Å². The number of nitrogens with one attached hydrogen (secondary N) is 1. The molecule has 0 aliphatic heterocycles. The fraction of sp³-hybridized carbons (Fsp3) is 0.200. The zero-order valence-corrected chi connectivity index (χ0v) is 7.12. The highest BCUT2D eigenvalue weighted by Crippen LogP contribution is 2.05. The Hall–Kier alpha value is -1.44. The van der Waals surface area contributed by atoms with Gasteiger partial charge in [-0.15, -0.1) is 0 Å². The van der Waals surface area contributed by atoms with Crippen LogP contribution >= 0.6 is 0 Å². The van der Waals surface area contributed by atoms with Gasteiger partial charge in [-0.25, -0.2) is 0 Å². The third kappa shape index (κ3) is 2.66. The van der Waals surface area contributed by atoms with E-state index in [0.717, 1.165) is 5.69 Å². The van der Waals surface area contributed by atoms with Crippen LogP contribution in [-0.2, 0) is 0 Å². The fourth-order valence-electron chi connectivity index (χ4n) is 0.803. The number of rotatable bonds is 3. The number of aliphatic hydroxyl groups excluding tert-OH is 1. The third-order valence-electron chi connectivity index (χ3n) is 1.54. The Labute approximate surface area is 72.5 Å². The number of hydrogen-bond donors (Lipinski definition) is 2. The van der Waals surface area contributed by atoms with E-state index in [2.05, 4.69) is 5.32 Å². The molecule has 0 aromatic heterocycles. The number of hydrogen-bond acceptors (Lipinski definition) is 2. The molecule has 64 valence electrons. The van der Waals surface area contributed by atoms with Gasteiger partial charge in [0.15, 0.2) is 0 Å². The number of allylic oxidation sites excluding steroid dienone is 1. The first-order chi connectivity index (χ1) is 5.83. The highest BCUT2D eigenvalue weighted by Gasteiger charge is 1.87. The van der Waals surface area contributed by atoms with Crippen LogP contribution < -0.4 is 5.32 Å². The van der Waals surface area contributed by atoms with E-state index in [1.807, 2.05) is 37.3 Å². The van der Waals surface area contributed by atoms with Gasteiger partial charge in [0, 0.05) is 18.3 Å². The van der Waals surface area contributed by atoms with Gasteiger partial charge < -0.3 is 10.4 Å². The monoisotopic (exact) mass is 163 g/mol. The molecule has 2 N–H and O–H groups in total. The zero-order valence-electron chi connectivity index (χ0n) is 7.12. The van der Waals surface area contributed by atoms with Gasteiger partial charge in [-0.2, -0.15) is 0 Å². The summed E-state index contributed by atoms with van der Waals surface area (Å²) < 4.78 is 0. The summed E-state index contributed by atoms with van der Waals surface area (Å²) in [5.41, 5.74) is 0.984. The van der Waals surface area contributed by atoms with Crippen molar-refractivity contribution in [1.82, 2.24) is 0 Å². The Morgan fingerprint density at radius 3 is 2.67 bits per heavy atom. The average molecular weight is 163 g/mol. The van der Waals surface area contributed by atoms with Crippen molar-refractivity contribution in [3.05, 3.63) is 42.3 Å². The van der Waals surface area contributed by atoms with E-state index in [4.69, 9.17) is 5.11 Å². The molecule has 0 atom stereocenters. The van der Waals surface area contributed by atoms with Crippen LogP contribution in [0, 0.1) is 0 Å². The van der Waals surface area contributed by atoms with Gasteiger partial charge in [-0.05, 0) is 12.1 Å². The molecule has 2 heteroatoms. The van der Waals surface area contributed by atoms with Gasteiger partial charge in [0.05, 0.1) is 0 Å². The van der Waals surface area contributed by atoms with Crippen LogP contribution in [0.25, 0.3) is 0 Å². The molecule has 0 unspecified atom stereocenters. The van der Waals surface area contributed by atoms with Crippen LogP contribution in [-0.4, -0.2) is 5.11 Å². The van der Waals surface area contributed by atoms with Crippen molar-refractivity contribution in [2.45, 2.75) is 13.3 Å². The molecule has 0 fully saturated rings. The van der Waals surface area contributed by atoms with Gasteiger partial charge in [0.2, 0.25) is 0 Å². The lowest BCUT2D eigenvalue weighted by Crippen LogP contribution is -1.89. The molecule has 1 aromatic rings. The topological polar surface area (TPSA) is 32.3 Å². The van der Waals surface area contributed by atoms with Crippen molar-refractivity contribution >= 4 is 5.69 Å². The molecular formula is C10H13NO. The molecule has 0 heterocycles. The highest BCUT2D eigenvalue weighted by molar-refractivity contribution is 5.45. The standard InChI is InChI=1S/C10H13NO/c1-2-10(12)8-11-9-6-4-3-5-7-9/h3-8,11-12H,2H2,1H3. The third-order valence-corrected chi connectivity index (χ3v) is 1.54. The maximum absolute atomic E-state index is 9.12. The van der Waals surface area contributed by atoms with E-state index in [9.17, 15) is 0 Å². The first-order valence-electron chi connectivity index (χ1n) is 4.02. The molecule has 0 bridgehead atoms.